The van der Waals surface area contributed by atoms with Crippen LogP contribution in [-0.4, -0.2) is 73.2 Å². The SMILES string of the molecule is CCOC1CC2(CCN(C(=O)CC(C)CC(=O)N3CCC4(CC(OCC)C4)C3)C2)C1. The lowest BCUT2D eigenvalue weighted by Gasteiger charge is -2.44. The van der Waals surface area contributed by atoms with Crippen LogP contribution >= 0.6 is 0 Å². The molecule has 0 unspecified atom stereocenters. The summed E-state index contributed by atoms with van der Waals surface area (Å²) in [6, 6.07) is 0. The molecule has 2 heterocycles. The van der Waals surface area contributed by atoms with Gasteiger partial charge in [-0.15, -0.1) is 0 Å². The van der Waals surface area contributed by atoms with Crippen molar-refractivity contribution < 1.29 is 19.1 Å². The van der Waals surface area contributed by atoms with Crippen molar-refractivity contribution in [3.8, 4) is 0 Å². The molecule has 0 radical (unpaired) electrons. The molecule has 0 N–H and O–H groups in total. The van der Waals surface area contributed by atoms with Crippen LogP contribution in [0.1, 0.15) is 72.1 Å². The van der Waals surface area contributed by atoms with Crippen LogP contribution < -0.4 is 0 Å². The number of hydrogen-bond donors (Lipinski definition) is 0. The highest BCUT2D eigenvalue weighted by Crippen LogP contribution is 2.50. The molecule has 6 heteroatoms. The lowest BCUT2D eigenvalue weighted by atomic mass is 9.66. The molecule has 2 spiro atoms. The molecule has 4 aliphatic rings. The molecular formula is C24H40N2O4. The maximum atomic E-state index is 12.8. The van der Waals surface area contributed by atoms with Crippen LogP contribution in [0.25, 0.3) is 0 Å². The lowest BCUT2D eigenvalue weighted by molar-refractivity contribution is -0.135. The van der Waals surface area contributed by atoms with Crippen molar-refractivity contribution in [2.75, 3.05) is 39.4 Å². The summed E-state index contributed by atoms with van der Waals surface area (Å²) in [6.07, 6.45) is 8.36. The van der Waals surface area contributed by atoms with Gasteiger partial charge in [0.25, 0.3) is 0 Å². The third kappa shape index (κ3) is 4.55. The average molecular weight is 421 g/mol. The average Bonchev–Trinajstić information content (AvgIpc) is 3.27. The van der Waals surface area contributed by atoms with E-state index in [4.69, 9.17) is 9.47 Å². The van der Waals surface area contributed by atoms with Gasteiger partial charge in [-0.2, -0.15) is 0 Å². The van der Waals surface area contributed by atoms with Crippen molar-refractivity contribution in [3.05, 3.63) is 0 Å². The molecule has 2 saturated carbocycles. The highest BCUT2D eigenvalue weighted by atomic mass is 16.5. The predicted octanol–water partition coefficient (Wildman–Crippen LogP) is 3.24. The summed E-state index contributed by atoms with van der Waals surface area (Å²) in [4.78, 5) is 29.7. The van der Waals surface area contributed by atoms with E-state index in [1.807, 2.05) is 23.6 Å². The zero-order chi connectivity index (χ0) is 21.4. The first-order valence-electron chi connectivity index (χ1n) is 12.1. The Morgan fingerprint density at radius 3 is 1.60 bits per heavy atom. The summed E-state index contributed by atoms with van der Waals surface area (Å²) in [5.41, 5.74) is 0.612. The van der Waals surface area contributed by atoms with Crippen molar-refractivity contribution in [1.82, 2.24) is 9.80 Å². The fourth-order valence-corrected chi connectivity index (χ4v) is 6.41. The number of carbonyl (C=O) groups excluding carboxylic acids is 2. The Bertz CT molecular complexity index is 585. The number of amides is 2. The Labute approximate surface area is 181 Å². The van der Waals surface area contributed by atoms with E-state index in [1.165, 1.54) is 0 Å². The Hall–Kier alpha value is -1.14. The van der Waals surface area contributed by atoms with Crippen LogP contribution in [0, 0.1) is 16.7 Å². The van der Waals surface area contributed by atoms with E-state index in [2.05, 4.69) is 6.92 Å². The van der Waals surface area contributed by atoms with Crippen LogP contribution in [0.3, 0.4) is 0 Å². The molecule has 2 aliphatic carbocycles. The molecule has 0 bridgehead atoms. The molecule has 2 saturated heterocycles. The van der Waals surface area contributed by atoms with Gasteiger partial charge in [-0.25, -0.2) is 0 Å². The van der Waals surface area contributed by atoms with E-state index in [0.717, 1.165) is 77.9 Å². The monoisotopic (exact) mass is 420 g/mol. The summed E-state index contributed by atoms with van der Waals surface area (Å²) in [6.45, 7) is 11.2. The quantitative estimate of drug-likeness (QED) is 0.605. The van der Waals surface area contributed by atoms with Gasteiger partial charge in [0.15, 0.2) is 0 Å². The molecule has 2 aliphatic heterocycles. The van der Waals surface area contributed by atoms with Crippen LogP contribution in [0.5, 0.6) is 0 Å². The fourth-order valence-electron chi connectivity index (χ4n) is 6.41. The summed E-state index contributed by atoms with van der Waals surface area (Å²) < 4.78 is 11.4. The maximum Gasteiger partial charge on any atom is 0.222 e. The smallest absolute Gasteiger partial charge is 0.222 e. The molecule has 4 rings (SSSR count). The number of rotatable bonds is 8. The minimum Gasteiger partial charge on any atom is -0.378 e. The van der Waals surface area contributed by atoms with Gasteiger partial charge < -0.3 is 19.3 Å². The van der Waals surface area contributed by atoms with Gasteiger partial charge in [0, 0.05) is 52.2 Å². The summed E-state index contributed by atoms with van der Waals surface area (Å²) >= 11 is 0. The number of hydrogen-bond acceptors (Lipinski definition) is 4. The summed E-state index contributed by atoms with van der Waals surface area (Å²) in [7, 11) is 0. The fraction of sp³-hybridized carbons (Fsp3) is 0.917. The lowest BCUT2D eigenvalue weighted by Crippen LogP contribution is -2.45. The Morgan fingerprint density at radius 1 is 0.833 bits per heavy atom. The number of carbonyl (C=O) groups is 2. The third-order valence-electron chi connectivity index (χ3n) is 8.08. The Kier molecular flexibility index (Phi) is 6.45. The van der Waals surface area contributed by atoms with Gasteiger partial charge in [-0.3, -0.25) is 9.59 Å². The van der Waals surface area contributed by atoms with Gasteiger partial charge in [0.1, 0.15) is 0 Å². The molecule has 0 atom stereocenters. The second-order valence-electron chi connectivity index (χ2n) is 10.6. The predicted molar refractivity (Wildman–Crippen MR) is 115 cm³/mol. The highest BCUT2D eigenvalue weighted by molar-refractivity contribution is 5.80. The van der Waals surface area contributed by atoms with Crippen molar-refractivity contribution >= 4 is 11.8 Å². The first kappa shape index (κ1) is 22.1. The van der Waals surface area contributed by atoms with Crippen molar-refractivity contribution in [2.45, 2.75) is 84.3 Å². The topological polar surface area (TPSA) is 59.1 Å². The van der Waals surface area contributed by atoms with Crippen molar-refractivity contribution in [2.24, 2.45) is 16.7 Å². The van der Waals surface area contributed by atoms with Crippen LogP contribution in [0.15, 0.2) is 0 Å². The van der Waals surface area contributed by atoms with Crippen molar-refractivity contribution in [1.29, 1.82) is 0 Å². The van der Waals surface area contributed by atoms with Gasteiger partial charge in [0.2, 0.25) is 11.8 Å². The van der Waals surface area contributed by atoms with Crippen molar-refractivity contribution in [3.63, 3.8) is 0 Å². The van der Waals surface area contributed by atoms with E-state index >= 15 is 0 Å². The van der Waals surface area contributed by atoms with Gasteiger partial charge >= 0.3 is 0 Å². The number of nitrogens with zero attached hydrogens (tertiary/aromatic N) is 2. The molecule has 0 aromatic rings. The molecule has 0 aromatic heterocycles. The van der Waals surface area contributed by atoms with E-state index in [0.29, 0.717) is 35.9 Å². The van der Waals surface area contributed by atoms with Gasteiger partial charge in [-0.05, 0) is 69.1 Å². The van der Waals surface area contributed by atoms with E-state index in [1.54, 1.807) is 0 Å². The highest BCUT2D eigenvalue weighted by Gasteiger charge is 2.51. The third-order valence-corrected chi connectivity index (χ3v) is 8.08. The zero-order valence-corrected chi connectivity index (χ0v) is 19.2. The standard InChI is InChI=1S/C24H40N2O4/c1-4-29-19-12-23(13-19)6-8-25(16-23)21(27)10-18(3)11-22(28)26-9-7-24(17-26)14-20(15-24)30-5-2/h18-20H,4-17H2,1-3H3. The minimum absolute atomic E-state index is 0.105. The zero-order valence-electron chi connectivity index (χ0n) is 19.2. The Morgan fingerprint density at radius 2 is 1.23 bits per heavy atom. The number of ether oxygens (including phenoxy) is 2. The molecule has 30 heavy (non-hydrogen) atoms. The van der Waals surface area contributed by atoms with Crippen LogP contribution in [0.2, 0.25) is 0 Å². The molecule has 170 valence electrons. The van der Waals surface area contributed by atoms with E-state index in [-0.39, 0.29) is 17.7 Å². The maximum absolute atomic E-state index is 12.8. The van der Waals surface area contributed by atoms with Crippen LogP contribution in [-0.2, 0) is 19.1 Å². The number of likely N-dealkylation sites (tertiary alicyclic amines) is 2. The molecule has 6 nitrogen and oxygen atoms in total. The van der Waals surface area contributed by atoms with Crippen LogP contribution in [0.4, 0.5) is 0 Å². The van der Waals surface area contributed by atoms with Gasteiger partial charge in [0.05, 0.1) is 12.2 Å². The Balaban J connectivity index is 1.17. The summed E-state index contributed by atoms with van der Waals surface area (Å²) in [5.74, 6) is 0.556. The molecular weight excluding hydrogens is 380 g/mol. The minimum atomic E-state index is 0.105. The second kappa shape index (κ2) is 8.78. The van der Waals surface area contributed by atoms with Gasteiger partial charge in [-0.1, -0.05) is 6.92 Å². The first-order chi connectivity index (χ1) is 14.4. The van der Waals surface area contributed by atoms with E-state index < -0.39 is 0 Å². The summed E-state index contributed by atoms with van der Waals surface area (Å²) in [5, 5.41) is 0. The normalized spacial score (nSPS) is 36.2. The molecule has 0 aromatic carbocycles. The molecule has 4 fully saturated rings. The van der Waals surface area contributed by atoms with E-state index in [9.17, 15) is 9.59 Å². The second-order valence-corrected chi connectivity index (χ2v) is 10.6. The first-order valence-corrected chi connectivity index (χ1v) is 12.1. The molecule has 2 amide bonds. The largest absolute Gasteiger partial charge is 0.378 e.